The maximum Gasteiger partial charge on any atom is 0.253 e. The van der Waals surface area contributed by atoms with Gasteiger partial charge in [-0.3, -0.25) is 14.4 Å². The lowest BCUT2D eigenvalue weighted by Gasteiger charge is -2.33. The molecule has 1 saturated heterocycles. The zero-order valence-electron chi connectivity index (χ0n) is 20.1. The minimum atomic E-state index is -0.625. The molecule has 2 aromatic carbocycles. The highest BCUT2D eigenvalue weighted by Crippen LogP contribution is 2.17. The van der Waals surface area contributed by atoms with E-state index in [1.807, 2.05) is 48.2 Å². The van der Waals surface area contributed by atoms with Crippen molar-refractivity contribution in [3.8, 4) is 0 Å². The molecule has 0 aliphatic carbocycles. The number of nitrogens with zero attached hydrogens (tertiary/aromatic N) is 1. The first-order chi connectivity index (χ1) is 15.7. The average Bonchev–Trinajstić information content (AvgIpc) is 2.79. The van der Waals surface area contributed by atoms with Gasteiger partial charge in [-0.05, 0) is 48.9 Å². The number of rotatable bonds is 7. The Morgan fingerprint density at radius 1 is 0.970 bits per heavy atom. The highest BCUT2D eigenvalue weighted by atomic mass is 16.2. The van der Waals surface area contributed by atoms with Gasteiger partial charge in [-0.2, -0.15) is 0 Å². The van der Waals surface area contributed by atoms with Gasteiger partial charge >= 0.3 is 0 Å². The summed E-state index contributed by atoms with van der Waals surface area (Å²) < 4.78 is 0. The molecule has 3 rings (SSSR count). The largest absolute Gasteiger partial charge is 0.351 e. The molecule has 176 valence electrons. The number of amides is 3. The number of aryl methyl sites for hydroxylation is 1. The zero-order valence-corrected chi connectivity index (χ0v) is 20.1. The van der Waals surface area contributed by atoms with E-state index in [-0.39, 0.29) is 23.8 Å². The van der Waals surface area contributed by atoms with Crippen molar-refractivity contribution < 1.29 is 14.4 Å². The van der Waals surface area contributed by atoms with Crippen LogP contribution in [0, 0.1) is 6.92 Å². The summed E-state index contributed by atoms with van der Waals surface area (Å²) in [5.41, 5.74) is 4.06. The lowest BCUT2D eigenvalue weighted by atomic mass is 9.98. The first-order valence-electron chi connectivity index (χ1n) is 11.7. The summed E-state index contributed by atoms with van der Waals surface area (Å²) in [6, 6.07) is 15.1. The zero-order chi connectivity index (χ0) is 24.0. The molecule has 2 N–H and O–H groups in total. The molecule has 0 aromatic heterocycles. The second-order valence-corrected chi connectivity index (χ2v) is 9.29. The Bertz CT molecular complexity index is 959. The summed E-state index contributed by atoms with van der Waals surface area (Å²) in [5.74, 6) is 0.0619. The second-order valence-electron chi connectivity index (χ2n) is 9.29. The van der Waals surface area contributed by atoms with Crippen molar-refractivity contribution in [1.29, 1.82) is 0 Å². The monoisotopic (exact) mass is 449 g/mol. The first-order valence-corrected chi connectivity index (χ1v) is 11.7. The molecule has 0 spiro atoms. The Hall–Kier alpha value is -3.15. The molecule has 6 heteroatoms. The van der Waals surface area contributed by atoms with Crippen molar-refractivity contribution in [1.82, 2.24) is 15.5 Å². The lowest BCUT2D eigenvalue weighted by molar-refractivity contribution is -0.128. The molecule has 1 fully saturated rings. The van der Waals surface area contributed by atoms with E-state index in [9.17, 15) is 14.4 Å². The molecule has 2 aromatic rings. The third-order valence-corrected chi connectivity index (χ3v) is 6.21. The Morgan fingerprint density at radius 2 is 1.58 bits per heavy atom. The molecule has 6 nitrogen and oxygen atoms in total. The third kappa shape index (κ3) is 6.91. The van der Waals surface area contributed by atoms with Gasteiger partial charge < -0.3 is 15.5 Å². The summed E-state index contributed by atoms with van der Waals surface area (Å²) in [6.07, 6.45) is 1.83. The quantitative estimate of drug-likeness (QED) is 0.678. The molecule has 1 atom stereocenters. The van der Waals surface area contributed by atoms with Crippen molar-refractivity contribution in [3.63, 3.8) is 0 Å². The molecule has 0 saturated carbocycles. The van der Waals surface area contributed by atoms with Gasteiger partial charge in [0.25, 0.3) is 5.91 Å². The van der Waals surface area contributed by atoms with Crippen LogP contribution in [0.5, 0.6) is 0 Å². The van der Waals surface area contributed by atoms with Crippen LogP contribution >= 0.6 is 0 Å². The Kier molecular flexibility index (Phi) is 8.26. The van der Waals surface area contributed by atoms with Crippen molar-refractivity contribution in [3.05, 3.63) is 70.8 Å². The van der Waals surface area contributed by atoms with Crippen LogP contribution in [-0.2, 0) is 16.0 Å². The summed E-state index contributed by atoms with van der Waals surface area (Å²) in [6.45, 7) is 8.90. The Balaban J connectivity index is 1.55. The number of nitrogens with one attached hydrogen (secondary N) is 2. The van der Waals surface area contributed by atoms with Crippen molar-refractivity contribution in [2.45, 2.75) is 65.0 Å². The van der Waals surface area contributed by atoms with Crippen molar-refractivity contribution in [2.24, 2.45) is 0 Å². The van der Waals surface area contributed by atoms with Crippen LogP contribution in [0.2, 0.25) is 0 Å². The Morgan fingerprint density at radius 3 is 2.12 bits per heavy atom. The predicted molar refractivity (Wildman–Crippen MR) is 130 cm³/mol. The fourth-order valence-electron chi connectivity index (χ4n) is 4.14. The van der Waals surface area contributed by atoms with Gasteiger partial charge in [-0.25, -0.2) is 0 Å². The van der Waals surface area contributed by atoms with E-state index in [4.69, 9.17) is 0 Å². The molecule has 0 bridgehead atoms. The van der Waals surface area contributed by atoms with Crippen LogP contribution in [0.15, 0.2) is 48.5 Å². The first kappa shape index (κ1) is 24.5. The average molecular weight is 450 g/mol. The topological polar surface area (TPSA) is 78.5 Å². The normalized spacial score (nSPS) is 15.2. The predicted octanol–water partition coefficient (Wildman–Crippen LogP) is 3.59. The van der Waals surface area contributed by atoms with E-state index in [1.165, 1.54) is 12.5 Å². The SMILES string of the molecule is CC(=O)NC(Cc1ccc(C(C)C)cc1)C(=O)NC1CCN(C(=O)c2ccc(C)cc2)CC1. The number of likely N-dealkylation sites (tertiary alicyclic amines) is 1. The second kappa shape index (κ2) is 11.1. The van der Waals surface area contributed by atoms with Gasteiger partial charge in [-0.1, -0.05) is 55.8 Å². The fraction of sp³-hybridized carbons (Fsp3) is 0.444. The summed E-state index contributed by atoms with van der Waals surface area (Å²) in [5, 5.41) is 5.88. The van der Waals surface area contributed by atoms with Crippen LogP contribution in [-0.4, -0.2) is 47.8 Å². The molecule has 1 aliphatic rings. The van der Waals surface area contributed by atoms with E-state index in [2.05, 4.69) is 36.6 Å². The van der Waals surface area contributed by atoms with Crippen LogP contribution in [0.1, 0.15) is 66.6 Å². The van der Waals surface area contributed by atoms with Crippen LogP contribution < -0.4 is 10.6 Å². The molecule has 33 heavy (non-hydrogen) atoms. The lowest BCUT2D eigenvalue weighted by Crippen LogP contribution is -2.53. The number of benzene rings is 2. The Labute approximate surface area is 196 Å². The van der Waals surface area contributed by atoms with Crippen LogP contribution in [0.4, 0.5) is 0 Å². The minimum absolute atomic E-state index is 0.0147. The number of hydrogen-bond acceptors (Lipinski definition) is 3. The highest BCUT2D eigenvalue weighted by Gasteiger charge is 2.27. The van der Waals surface area contributed by atoms with Gasteiger partial charge in [0.05, 0.1) is 0 Å². The van der Waals surface area contributed by atoms with Gasteiger partial charge in [0, 0.05) is 38.0 Å². The molecule has 1 unspecified atom stereocenters. The van der Waals surface area contributed by atoms with E-state index in [0.717, 1.165) is 11.1 Å². The molecule has 3 amide bonds. The summed E-state index contributed by atoms with van der Waals surface area (Å²) in [7, 11) is 0. The highest BCUT2D eigenvalue weighted by molar-refractivity contribution is 5.94. The van der Waals surface area contributed by atoms with Crippen LogP contribution in [0.3, 0.4) is 0 Å². The standard InChI is InChI=1S/C27H35N3O3/c1-18(2)22-11-7-21(8-12-22)17-25(28-20(4)31)26(32)29-24-13-15-30(16-14-24)27(33)23-9-5-19(3)6-10-23/h5-12,18,24-25H,13-17H2,1-4H3,(H,28,31)(H,29,32). The van der Waals surface area contributed by atoms with Gasteiger partial charge in [-0.15, -0.1) is 0 Å². The van der Waals surface area contributed by atoms with Gasteiger partial charge in [0.1, 0.15) is 6.04 Å². The fourth-order valence-corrected chi connectivity index (χ4v) is 4.14. The smallest absolute Gasteiger partial charge is 0.253 e. The molecular weight excluding hydrogens is 414 g/mol. The van der Waals surface area contributed by atoms with E-state index < -0.39 is 6.04 Å². The number of carbonyl (C=O) groups excluding carboxylic acids is 3. The van der Waals surface area contributed by atoms with Gasteiger partial charge in [0.15, 0.2) is 0 Å². The van der Waals surface area contributed by atoms with E-state index in [0.29, 0.717) is 43.8 Å². The molecule has 1 aliphatic heterocycles. The summed E-state index contributed by atoms with van der Waals surface area (Å²) in [4.78, 5) is 39.3. The number of carbonyl (C=O) groups is 3. The van der Waals surface area contributed by atoms with Crippen molar-refractivity contribution in [2.75, 3.05) is 13.1 Å². The number of hydrogen-bond donors (Lipinski definition) is 2. The maximum atomic E-state index is 13.0. The van der Waals surface area contributed by atoms with Crippen LogP contribution in [0.25, 0.3) is 0 Å². The molecule has 0 radical (unpaired) electrons. The minimum Gasteiger partial charge on any atom is -0.351 e. The molecular formula is C27H35N3O3. The maximum absolute atomic E-state index is 13.0. The van der Waals surface area contributed by atoms with Gasteiger partial charge in [0.2, 0.25) is 11.8 Å². The van der Waals surface area contributed by atoms with E-state index >= 15 is 0 Å². The van der Waals surface area contributed by atoms with E-state index in [1.54, 1.807) is 0 Å². The summed E-state index contributed by atoms with van der Waals surface area (Å²) >= 11 is 0. The molecule has 1 heterocycles. The third-order valence-electron chi connectivity index (χ3n) is 6.21. The van der Waals surface area contributed by atoms with Crippen molar-refractivity contribution >= 4 is 17.7 Å². The number of piperidine rings is 1.